The molecule has 1 N–H and O–H groups in total. The Balaban J connectivity index is 1.85. The molecule has 1 saturated heterocycles. The van der Waals surface area contributed by atoms with Gasteiger partial charge in [-0.3, -0.25) is 9.78 Å². The molecule has 7 nitrogen and oxygen atoms in total. The number of carbonyl (C=O) groups is 1. The molecular weight excluding hydrogens is 318 g/mol. The van der Waals surface area contributed by atoms with Crippen molar-refractivity contribution < 1.29 is 17.9 Å². The minimum Gasteiger partial charge on any atom is -0.381 e. The van der Waals surface area contributed by atoms with Gasteiger partial charge in [0.1, 0.15) is 0 Å². The second-order valence-electron chi connectivity index (χ2n) is 5.64. The van der Waals surface area contributed by atoms with Crippen molar-refractivity contribution in [2.45, 2.75) is 19.4 Å². The monoisotopic (exact) mass is 341 g/mol. The van der Waals surface area contributed by atoms with Crippen LogP contribution in [0.3, 0.4) is 0 Å². The van der Waals surface area contributed by atoms with Gasteiger partial charge in [0.2, 0.25) is 15.9 Å². The summed E-state index contributed by atoms with van der Waals surface area (Å²) in [4.78, 5) is 16.0. The van der Waals surface area contributed by atoms with Gasteiger partial charge < -0.3 is 10.1 Å². The zero-order chi connectivity index (χ0) is 16.7. The van der Waals surface area contributed by atoms with Gasteiger partial charge in [-0.1, -0.05) is 6.07 Å². The van der Waals surface area contributed by atoms with E-state index in [1.807, 2.05) is 6.07 Å². The van der Waals surface area contributed by atoms with E-state index in [1.165, 1.54) is 10.6 Å². The maximum atomic E-state index is 12.0. The molecule has 1 aliphatic heterocycles. The molecule has 0 radical (unpaired) electrons. The topological polar surface area (TPSA) is 88.6 Å². The lowest BCUT2D eigenvalue weighted by Gasteiger charge is -2.23. The fourth-order valence-electron chi connectivity index (χ4n) is 2.47. The molecule has 23 heavy (non-hydrogen) atoms. The summed E-state index contributed by atoms with van der Waals surface area (Å²) >= 11 is 0. The Labute approximate surface area is 137 Å². The third-order valence-corrected chi connectivity index (χ3v) is 5.05. The van der Waals surface area contributed by atoms with E-state index in [-0.39, 0.29) is 24.9 Å². The van der Waals surface area contributed by atoms with Crippen LogP contribution in [0.2, 0.25) is 0 Å². The Hall–Kier alpha value is -1.51. The second kappa shape index (κ2) is 8.37. The fourth-order valence-corrected chi connectivity index (χ4v) is 3.27. The molecule has 1 aliphatic rings. The van der Waals surface area contributed by atoms with Crippen molar-refractivity contribution in [3.05, 3.63) is 30.1 Å². The number of aromatic nitrogens is 1. The van der Waals surface area contributed by atoms with E-state index in [0.717, 1.165) is 18.4 Å². The van der Waals surface area contributed by atoms with Gasteiger partial charge in [-0.2, -0.15) is 4.31 Å². The number of carbonyl (C=O) groups excluding carboxylic acids is 1. The number of nitrogens with one attached hydrogen (secondary N) is 1. The van der Waals surface area contributed by atoms with Crippen LogP contribution in [-0.4, -0.2) is 56.2 Å². The minimum atomic E-state index is -3.35. The SMILES string of the molecule is CS(=O)(=O)N(CCNC(=O)C1CCOCC1)Cc1cccnc1. The lowest BCUT2D eigenvalue weighted by molar-refractivity contribution is -0.127. The summed E-state index contributed by atoms with van der Waals surface area (Å²) in [5, 5.41) is 2.82. The standard InChI is InChI=1S/C15H23N3O4S/c1-23(20,21)18(12-13-3-2-6-16-11-13)8-7-17-15(19)14-4-9-22-10-5-14/h2-3,6,11,14H,4-5,7-10,12H2,1H3,(H,17,19). The highest BCUT2D eigenvalue weighted by Gasteiger charge is 2.22. The molecule has 1 amide bonds. The molecule has 2 rings (SSSR count). The number of pyridine rings is 1. The first-order valence-corrected chi connectivity index (χ1v) is 9.51. The molecule has 0 aromatic carbocycles. The van der Waals surface area contributed by atoms with Gasteiger partial charge >= 0.3 is 0 Å². The summed E-state index contributed by atoms with van der Waals surface area (Å²) in [6, 6.07) is 3.59. The maximum Gasteiger partial charge on any atom is 0.223 e. The molecule has 0 unspecified atom stereocenters. The Morgan fingerprint density at radius 1 is 1.43 bits per heavy atom. The van der Waals surface area contributed by atoms with E-state index in [4.69, 9.17) is 4.74 Å². The van der Waals surface area contributed by atoms with Crippen molar-refractivity contribution >= 4 is 15.9 Å². The average Bonchev–Trinajstić information content (AvgIpc) is 2.54. The van der Waals surface area contributed by atoms with Gasteiger partial charge in [-0.25, -0.2) is 8.42 Å². The van der Waals surface area contributed by atoms with Crippen LogP contribution in [0, 0.1) is 5.92 Å². The smallest absolute Gasteiger partial charge is 0.223 e. The number of amides is 1. The zero-order valence-electron chi connectivity index (χ0n) is 13.3. The van der Waals surface area contributed by atoms with Crippen molar-refractivity contribution in [3.63, 3.8) is 0 Å². The maximum absolute atomic E-state index is 12.0. The molecule has 1 fully saturated rings. The Kier molecular flexibility index (Phi) is 6.49. The van der Waals surface area contributed by atoms with Gasteiger partial charge in [0, 0.05) is 51.2 Å². The highest BCUT2D eigenvalue weighted by molar-refractivity contribution is 7.88. The summed E-state index contributed by atoms with van der Waals surface area (Å²) in [5.41, 5.74) is 0.814. The average molecular weight is 341 g/mol. The van der Waals surface area contributed by atoms with Crippen molar-refractivity contribution in [3.8, 4) is 0 Å². The van der Waals surface area contributed by atoms with Gasteiger partial charge in [-0.05, 0) is 24.5 Å². The number of rotatable bonds is 7. The third-order valence-electron chi connectivity index (χ3n) is 3.80. The summed E-state index contributed by atoms with van der Waals surface area (Å²) < 4.78 is 30.4. The molecule has 2 heterocycles. The first-order chi connectivity index (χ1) is 11.0. The van der Waals surface area contributed by atoms with Crippen LogP contribution in [0.5, 0.6) is 0 Å². The van der Waals surface area contributed by atoms with Gasteiger partial charge in [-0.15, -0.1) is 0 Å². The Morgan fingerprint density at radius 2 is 2.17 bits per heavy atom. The molecule has 0 aliphatic carbocycles. The van der Waals surface area contributed by atoms with Crippen LogP contribution in [0.1, 0.15) is 18.4 Å². The molecule has 0 spiro atoms. The summed E-state index contributed by atoms with van der Waals surface area (Å²) in [6.07, 6.45) is 5.89. The fraction of sp³-hybridized carbons (Fsp3) is 0.600. The first-order valence-electron chi connectivity index (χ1n) is 7.66. The van der Waals surface area contributed by atoms with Crippen LogP contribution < -0.4 is 5.32 Å². The van der Waals surface area contributed by atoms with Crippen LogP contribution >= 0.6 is 0 Å². The molecule has 0 atom stereocenters. The first kappa shape index (κ1) is 17.8. The summed E-state index contributed by atoms with van der Waals surface area (Å²) in [7, 11) is -3.35. The molecule has 0 saturated carbocycles. The van der Waals surface area contributed by atoms with Crippen LogP contribution in [0.25, 0.3) is 0 Å². The Morgan fingerprint density at radius 3 is 2.78 bits per heavy atom. The van der Waals surface area contributed by atoms with Crippen molar-refractivity contribution in [2.24, 2.45) is 5.92 Å². The predicted octanol–water partition coefficient (Wildman–Crippen LogP) is 0.386. The molecule has 8 heteroatoms. The minimum absolute atomic E-state index is 0.0249. The lowest BCUT2D eigenvalue weighted by Crippen LogP contribution is -2.40. The van der Waals surface area contributed by atoms with E-state index in [2.05, 4.69) is 10.3 Å². The number of nitrogens with zero attached hydrogens (tertiary/aromatic N) is 2. The largest absolute Gasteiger partial charge is 0.381 e. The normalized spacial score (nSPS) is 16.4. The van der Waals surface area contributed by atoms with Crippen molar-refractivity contribution in [1.29, 1.82) is 0 Å². The number of hydrogen-bond donors (Lipinski definition) is 1. The molecular formula is C15H23N3O4S. The van der Waals surface area contributed by atoms with Gasteiger partial charge in [0.05, 0.1) is 6.26 Å². The van der Waals surface area contributed by atoms with E-state index in [1.54, 1.807) is 18.5 Å². The summed E-state index contributed by atoms with van der Waals surface area (Å²) in [5.74, 6) is -0.0584. The van der Waals surface area contributed by atoms with Crippen LogP contribution in [0.4, 0.5) is 0 Å². The van der Waals surface area contributed by atoms with E-state index >= 15 is 0 Å². The van der Waals surface area contributed by atoms with Crippen molar-refractivity contribution in [2.75, 3.05) is 32.6 Å². The number of sulfonamides is 1. The quantitative estimate of drug-likeness (QED) is 0.775. The molecule has 128 valence electrons. The van der Waals surface area contributed by atoms with Crippen molar-refractivity contribution in [1.82, 2.24) is 14.6 Å². The second-order valence-corrected chi connectivity index (χ2v) is 7.62. The highest BCUT2D eigenvalue weighted by Crippen LogP contribution is 2.14. The zero-order valence-corrected chi connectivity index (χ0v) is 14.1. The van der Waals surface area contributed by atoms with E-state index < -0.39 is 10.0 Å². The van der Waals surface area contributed by atoms with Crippen LogP contribution in [0.15, 0.2) is 24.5 Å². The molecule has 1 aromatic rings. The third kappa shape index (κ3) is 5.89. The number of ether oxygens (including phenoxy) is 1. The Bertz CT molecular complexity index is 600. The molecule has 0 bridgehead atoms. The highest BCUT2D eigenvalue weighted by atomic mass is 32.2. The van der Waals surface area contributed by atoms with E-state index in [9.17, 15) is 13.2 Å². The lowest BCUT2D eigenvalue weighted by atomic mass is 9.99. The van der Waals surface area contributed by atoms with E-state index in [0.29, 0.717) is 19.8 Å². The molecule has 1 aromatic heterocycles. The summed E-state index contributed by atoms with van der Waals surface area (Å²) in [6.45, 7) is 2.00. The predicted molar refractivity (Wildman–Crippen MR) is 86.0 cm³/mol. The van der Waals surface area contributed by atoms with Crippen LogP contribution in [-0.2, 0) is 26.1 Å². The van der Waals surface area contributed by atoms with Gasteiger partial charge in [0.25, 0.3) is 0 Å². The van der Waals surface area contributed by atoms with Gasteiger partial charge in [0.15, 0.2) is 0 Å². The number of hydrogen-bond acceptors (Lipinski definition) is 5.